The molecule has 7 rings (SSSR count). The number of benzene rings is 5. The Morgan fingerprint density at radius 2 is 1.61 bits per heavy atom. The summed E-state index contributed by atoms with van der Waals surface area (Å²) in [4.78, 5) is 28.0. The Bertz CT molecular complexity index is 2600. The lowest BCUT2D eigenvalue weighted by atomic mass is 9.89. The van der Waals surface area contributed by atoms with E-state index in [1.54, 1.807) is 30.3 Å². The van der Waals surface area contributed by atoms with E-state index in [4.69, 9.17) is 25.5 Å². The third-order valence-electron chi connectivity index (χ3n) is 11.2. The van der Waals surface area contributed by atoms with Crippen LogP contribution in [0.3, 0.4) is 0 Å². The van der Waals surface area contributed by atoms with Gasteiger partial charge < -0.3 is 49.1 Å². The Balaban J connectivity index is 0.987. The summed E-state index contributed by atoms with van der Waals surface area (Å²) in [5.41, 5.74) is 5.82. The summed E-state index contributed by atoms with van der Waals surface area (Å²) in [7, 11) is 7.74. The molecule has 2 aliphatic heterocycles. The number of carbonyl (C=O) groups is 2. The lowest BCUT2D eigenvalue weighted by Gasteiger charge is -2.40. The normalized spacial score (nSPS) is 18.9. The highest BCUT2D eigenvalue weighted by atomic mass is 35.5. The molecule has 318 valence electrons. The maximum Gasteiger partial charge on any atom is 0.203 e. The molecule has 4 N–H and O–H groups in total. The number of anilines is 1. The molecule has 0 unspecified atom stereocenters. The summed E-state index contributed by atoms with van der Waals surface area (Å²) in [6.07, 6.45) is -4.54. The molecule has 1 fully saturated rings. The molecule has 0 aromatic heterocycles. The summed E-state index contributed by atoms with van der Waals surface area (Å²) in [6.45, 7) is -0.149. The number of fused-ring (bicyclic) bond motifs is 2. The van der Waals surface area contributed by atoms with Gasteiger partial charge in [-0.25, -0.2) is 4.58 Å². The molecule has 0 amide bonds. The van der Waals surface area contributed by atoms with Crippen molar-refractivity contribution in [1.82, 2.24) is 4.58 Å². The SMILES string of the molecule is CN(C)c1ccc2c(-c3ccc(C(=O)CCCCOc4ccc(Cc5cc([C@@H]6O[C@H](CO)[C@@H](O)[C@H](O)[C@H]6O)ccc5Cl)cc4)cc3C(=O)[O-])c3ccc(=[N+](C)C)cc-3oc2c1. The molecule has 61 heavy (non-hydrogen) atoms. The van der Waals surface area contributed by atoms with Gasteiger partial charge in [-0.1, -0.05) is 48.0 Å². The number of hydrogen-bond acceptors (Lipinski definition) is 11. The standard InChI is InChI=1S/C48H49ClN2O10/c1-50(2)31-12-17-35-40(24-31)60-41-25-32(51(3)4)13-18-36(41)43(35)34-16-10-28(23-37(34)48(57)58)39(53)7-5-6-20-59-33-14-8-27(9-15-33)21-30-22-29(11-19-38(30)49)47-46(56)45(55)44(54)42(26-52)61-47/h8-19,22-25,42,44-47,52,54-56H,5-7,20-21,26H2,1-4H3/t42-,44-,45+,46-,47+/m1/s1. The van der Waals surface area contributed by atoms with Gasteiger partial charge in [0.2, 0.25) is 5.36 Å². The van der Waals surface area contributed by atoms with Crippen molar-refractivity contribution in [2.75, 3.05) is 46.3 Å². The van der Waals surface area contributed by atoms with Crippen molar-refractivity contribution in [1.29, 1.82) is 0 Å². The molecule has 1 saturated heterocycles. The Kier molecular flexibility index (Phi) is 13.2. The van der Waals surface area contributed by atoms with Crippen LogP contribution in [0.2, 0.25) is 5.02 Å². The number of carbonyl (C=O) groups excluding carboxylic acids is 2. The minimum Gasteiger partial charge on any atom is -0.545 e. The number of halogens is 1. The number of aliphatic hydroxyl groups is 4. The number of nitrogens with zero attached hydrogens (tertiary/aromatic N) is 2. The van der Waals surface area contributed by atoms with Crippen molar-refractivity contribution < 1.29 is 49.0 Å². The molecule has 0 radical (unpaired) electrons. The van der Waals surface area contributed by atoms with E-state index >= 15 is 0 Å². The van der Waals surface area contributed by atoms with Crippen LogP contribution in [0.5, 0.6) is 5.75 Å². The van der Waals surface area contributed by atoms with Gasteiger partial charge in [-0.15, -0.1) is 0 Å². The van der Waals surface area contributed by atoms with E-state index in [9.17, 15) is 35.1 Å². The predicted molar refractivity (Wildman–Crippen MR) is 231 cm³/mol. The molecule has 0 spiro atoms. The third-order valence-corrected chi connectivity index (χ3v) is 11.6. The number of ketones is 1. The summed E-state index contributed by atoms with van der Waals surface area (Å²) in [6, 6.07) is 29.0. The smallest absolute Gasteiger partial charge is 0.203 e. The van der Waals surface area contributed by atoms with Crippen molar-refractivity contribution in [3.05, 3.63) is 135 Å². The van der Waals surface area contributed by atoms with Crippen molar-refractivity contribution in [2.24, 2.45) is 0 Å². The highest BCUT2D eigenvalue weighted by Crippen LogP contribution is 2.42. The fourth-order valence-electron chi connectivity index (χ4n) is 7.75. The first kappa shape index (κ1) is 43.5. The number of aromatic carboxylic acids is 1. The number of ether oxygens (including phenoxy) is 2. The van der Waals surface area contributed by atoms with Crippen LogP contribution in [0.15, 0.2) is 101 Å². The molecular weight excluding hydrogens is 800 g/mol. The number of hydrogen-bond donors (Lipinski definition) is 4. The second-order valence-electron chi connectivity index (χ2n) is 15.8. The summed E-state index contributed by atoms with van der Waals surface area (Å²) in [5, 5.41) is 55.5. The van der Waals surface area contributed by atoms with Crippen LogP contribution in [0.1, 0.15) is 62.8 Å². The maximum atomic E-state index is 13.4. The van der Waals surface area contributed by atoms with Crippen LogP contribution in [0.4, 0.5) is 5.69 Å². The highest BCUT2D eigenvalue weighted by molar-refractivity contribution is 6.31. The first-order chi connectivity index (χ1) is 29.2. The van der Waals surface area contributed by atoms with Gasteiger partial charge in [0.25, 0.3) is 0 Å². The number of unbranched alkanes of at least 4 members (excludes halogenated alkanes) is 1. The van der Waals surface area contributed by atoms with Crippen LogP contribution in [-0.2, 0) is 11.2 Å². The van der Waals surface area contributed by atoms with Gasteiger partial charge in [0.05, 0.1) is 25.2 Å². The second-order valence-corrected chi connectivity index (χ2v) is 16.2. The molecular formula is C48H49ClN2O10. The Morgan fingerprint density at radius 3 is 2.31 bits per heavy atom. The zero-order valence-electron chi connectivity index (χ0n) is 34.4. The lowest BCUT2D eigenvalue weighted by molar-refractivity contribution is -0.254. The van der Waals surface area contributed by atoms with E-state index < -0.39 is 43.1 Å². The van der Waals surface area contributed by atoms with Crippen LogP contribution >= 0.6 is 11.6 Å². The Labute approximate surface area is 358 Å². The summed E-state index contributed by atoms with van der Waals surface area (Å²) in [5.74, 6) is -0.326. The van der Waals surface area contributed by atoms with Gasteiger partial charge in [0.15, 0.2) is 5.78 Å². The lowest BCUT2D eigenvalue weighted by Crippen LogP contribution is -2.55. The van der Waals surface area contributed by atoms with E-state index in [1.807, 2.05) is 98.3 Å². The molecule has 0 saturated carbocycles. The molecule has 2 heterocycles. The van der Waals surface area contributed by atoms with E-state index in [-0.39, 0.29) is 23.3 Å². The average molecular weight is 849 g/mol. The molecule has 4 aromatic carbocycles. The van der Waals surface area contributed by atoms with Crippen LogP contribution in [0.25, 0.3) is 33.4 Å². The van der Waals surface area contributed by atoms with Gasteiger partial charge in [0.1, 0.15) is 61.7 Å². The molecule has 1 aliphatic carbocycles. The number of carboxylic acid groups (broad SMARTS) is 1. The molecule has 0 bridgehead atoms. The first-order valence-corrected chi connectivity index (χ1v) is 20.5. The second kappa shape index (κ2) is 18.6. The first-order valence-electron chi connectivity index (χ1n) is 20.1. The fourth-order valence-corrected chi connectivity index (χ4v) is 7.93. The number of aliphatic hydroxyl groups excluding tert-OH is 4. The number of rotatable bonds is 14. The molecule has 13 heteroatoms. The van der Waals surface area contributed by atoms with E-state index in [0.717, 1.165) is 33.1 Å². The van der Waals surface area contributed by atoms with Gasteiger partial charge in [-0.3, -0.25) is 4.79 Å². The minimum absolute atomic E-state index is 0.0800. The average Bonchev–Trinajstić information content (AvgIpc) is 3.25. The summed E-state index contributed by atoms with van der Waals surface area (Å²) < 4.78 is 20.0. The third kappa shape index (κ3) is 9.35. The number of Topliss-reactive ketones (excluding diaryl/α,β-unsaturated/α-hetero) is 1. The molecule has 12 nitrogen and oxygen atoms in total. The Morgan fingerprint density at radius 1 is 0.852 bits per heavy atom. The van der Waals surface area contributed by atoms with Crippen LogP contribution in [0, 0.1) is 0 Å². The highest BCUT2D eigenvalue weighted by Gasteiger charge is 2.44. The summed E-state index contributed by atoms with van der Waals surface area (Å²) >= 11 is 6.52. The predicted octanol–water partition coefficient (Wildman–Crippen LogP) is 4.86. The van der Waals surface area contributed by atoms with E-state index in [1.165, 1.54) is 6.07 Å². The topological polar surface area (TPSA) is 176 Å². The van der Waals surface area contributed by atoms with Crippen molar-refractivity contribution in [3.8, 4) is 28.2 Å². The zero-order valence-corrected chi connectivity index (χ0v) is 35.1. The largest absolute Gasteiger partial charge is 0.545 e. The van der Waals surface area contributed by atoms with Crippen LogP contribution in [-0.4, -0.2) is 98.0 Å². The van der Waals surface area contributed by atoms with Gasteiger partial charge >= 0.3 is 0 Å². The van der Waals surface area contributed by atoms with Crippen molar-refractivity contribution >= 4 is 40.0 Å². The molecule has 4 aromatic rings. The Hall–Kier alpha value is -5.60. The number of carboxylic acids is 1. The van der Waals surface area contributed by atoms with Crippen LogP contribution < -0.4 is 24.7 Å². The molecule has 3 aliphatic rings. The van der Waals surface area contributed by atoms with E-state index in [0.29, 0.717) is 64.7 Å². The van der Waals surface area contributed by atoms with Gasteiger partial charge in [0, 0.05) is 71.0 Å². The minimum atomic E-state index is -1.48. The van der Waals surface area contributed by atoms with E-state index in [2.05, 4.69) is 0 Å². The van der Waals surface area contributed by atoms with Crippen molar-refractivity contribution in [2.45, 2.75) is 56.2 Å². The van der Waals surface area contributed by atoms with Gasteiger partial charge in [-0.2, -0.15) is 0 Å². The fraction of sp³-hybridized carbons (Fsp3) is 0.312. The zero-order chi connectivity index (χ0) is 43.5. The maximum absolute atomic E-state index is 13.4. The van der Waals surface area contributed by atoms with Gasteiger partial charge in [-0.05, 0) is 84.0 Å². The quantitative estimate of drug-likeness (QED) is 0.0510. The monoisotopic (exact) mass is 848 g/mol. The van der Waals surface area contributed by atoms with Crippen molar-refractivity contribution in [3.63, 3.8) is 0 Å². The molecule has 5 atom stereocenters.